The molecule has 3 rings (SSSR count). The second-order valence-electron chi connectivity index (χ2n) is 5.98. The van der Waals surface area contributed by atoms with Gasteiger partial charge in [-0.3, -0.25) is 24.1 Å². The third kappa shape index (κ3) is 2.65. The summed E-state index contributed by atoms with van der Waals surface area (Å²) in [6.07, 6.45) is 0.980. The summed E-state index contributed by atoms with van der Waals surface area (Å²) in [7, 11) is 0. The zero-order valence-electron chi connectivity index (χ0n) is 12.9. The van der Waals surface area contributed by atoms with E-state index < -0.39 is 29.5 Å². The van der Waals surface area contributed by atoms with Crippen molar-refractivity contribution in [3.63, 3.8) is 0 Å². The second kappa shape index (κ2) is 5.72. The molecule has 2 aliphatic heterocycles. The first-order chi connectivity index (χ1) is 11.3. The number of rotatable bonds is 4. The molecule has 8 nitrogen and oxygen atoms in total. The van der Waals surface area contributed by atoms with Crippen molar-refractivity contribution in [2.75, 3.05) is 6.61 Å². The molecule has 1 saturated heterocycles. The molecular weight excluding hydrogens is 316 g/mol. The largest absolute Gasteiger partial charge is 0.486 e. The maximum absolute atomic E-state index is 12.6. The topological polar surface area (TPSA) is 113 Å². The van der Waals surface area contributed by atoms with Crippen LogP contribution in [0.15, 0.2) is 18.2 Å². The molecule has 0 spiro atoms. The molecule has 2 N–H and O–H groups in total. The maximum atomic E-state index is 12.6. The molecule has 1 aromatic carbocycles. The molecule has 0 saturated carbocycles. The summed E-state index contributed by atoms with van der Waals surface area (Å²) < 4.78 is 5.13. The Labute approximate surface area is 137 Å². The minimum atomic E-state index is -1.35. The Bertz CT molecular complexity index is 742. The summed E-state index contributed by atoms with van der Waals surface area (Å²) in [5, 5.41) is 12.3. The lowest BCUT2D eigenvalue weighted by molar-refractivity contribution is -0.137. The Hall–Kier alpha value is -2.74. The smallest absolute Gasteiger partial charge is 0.262 e. The summed E-state index contributed by atoms with van der Waals surface area (Å²) in [6.45, 7) is 1.30. The van der Waals surface area contributed by atoms with Crippen LogP contribution in [0.4, 0.5) is 0 Å². The fraction of sp³-hybridized carbons (Fsp3) is 0.375. The number of nitrogens with zero attached hydrogens (tertiary/aromatic N) is 1. The van der Waals surface area contributed by atoms with E-state index in [2.05, 4.69) is 5.32 Å². The van der Waals surface area contributed by atoms with Crippen molar-refractivity contribution in [1.82, 2.24) is 10.2 Å². The Morgan fingerprint density at radius 1 is 1.33 bits per heavy atom. The van der Waals surface area contributed by atoms with E-state index in [1.165, 1.54) is 25.1 Å². The van der Waals surface area contributed by atoms with Crippen molar-refractivity contribution in [2.45, 2.75) is 31.5 Å². The number of amides is 3. The third-order valence-electron chi connectivity index (χ3n) is 4.12. The van der Waals surface area contributed by atoms with Crippen LogP contribution in [0.3, 0.4) is 0 Å². The third-order valence-corrected chi connectivity index (χ3v) is 4.12. The minimum absolute atomic E-state index is 0.133. The maximum Gasteiger partial charge on any atom is 0.262 e. The molecule has 3 amide bonds. The number of carbonyl (C=O) groups is 4. The van der Waals surface area contributed by atoms with Crippen molar-refractivity contribution >= 4 is 24.0 Å². The van der Waals surface area contributed by atoms with Gasteiger partial charge in [-0.15, -0.1) is 0 Å². The highest BCUT2D eigenvalue weighted by molar-refractivity contribution is 6.23. The van der Waals surface area contributed by atoms with E-state index in [4.69, 9.17) is 4.74 Å². The highest BCUT2D eigenvalue weighted by Crippen LogP contribution is 2.31. The highest BCUT2D eigenvalue weighted by atomic mass is 16.5. The molecule has 126 valence electrons. The van der Waals surface area contributed by atoms with Crippen LogP contribution in [0.5, 0.6) is 5.75 Å². The van der Waals surface area contributed by atoms with Crippen molar-refractivity contribution in [3.8, 4) is 5.75 Å². The molecule has 0 aliphatic carbocycles. The van der Waals surface area contributed by atoms with Crippen LogP contribution in [0.2, 0.25) is 0 Å². The predicted molar refractivity (Wildman–Crippen MR) is 80.3 cm³/mol. The number of aliphatic hydroxyl groups is 1. The number of imide groups is 1. The van der Waals surface area contributed by atoms with Gasteiger partial charge in [-0.05, 0) is 38.0 Å². The van der Waals surface area contributed by atoms with E-state index in [0.717, 1.165) is 4.90 Å². The highest BCUT2D eigenvalue weighted by Gasteiger charge is 2.46. The number of piperidine rings is 1. The van der Waals surface area contributed by atoms with Gasteiger partial charge in [0.05, 0.1) is 11.1 Å². The molecule has 2 aliphatic rings. The molecule has 0 bridgehead atoms. The van der Waals surface area contributed by atoms with Crippen molar-refractivity contribution < 1.29 is 29.0 Å². The molecule has 2 atom stereocenters. The lowest BCUT2D eigenvalue weighted by Crippen LogP contribution is -2.60. The van der Waals surface area contributed by atoms with Gasteiger partial charge < -0.3 is 15.2 Å². The first kappa shape index (κ1) is 16.1. The summed E-state index contributed by atoms with van der Waals surface area (Å²) >= 11 is 0. The first-order valence-electron chi connectivity index (χ1n) is 7.47. The van der Waals surface area contributed by atoms with E-state index >= 15 is 0 Å². The molecule has 24 heavy (non-hydrogen) atoms. The summed E-state index contributed by atoms with van der Waals surface area (Å²) in [5.74, 6) is -1.43. The van der Waals surface area contributed by atoms with E-state index in [9.17, 15) is 24.3 Å². The SMILES string of the molecule is CC1(O)CCC(N2C(=O)c3ccc(OCC=O)cc3C2=O)C(=O)N1. The summed E-state index contributed by atoms with van der Waals surface area (Å²) in [5.41, 5.74) is -1.03. The zero-order chi connectivity index (χ0) is 17.5. The number of benzene rings is 1. The van der Waals surface area contributed by atoms with Gasteiger partial charge in [-0.25, -0.2) is 0 Å². The average Bonchev–Trinajstić information content (AvgIpc) is 2.76. The quantitative estimate of drug-likeness (QED) is 0.585. The number of hydrogen-bond acceptors (Lipinski definition) is 6. The van der Waals surface area contributed by atoms with Gasteiger partial charge in [0.15, 0.2) is 6.29 Å². The van der Waals surface area contributed by atoms with Gasteiger partial charge in [0.2, 0.25) is 5.91 Å². The monoisotopic (exact) mass is 332 g/mol. The van der Waals surface area contributed by atoms with Crippen LogP contribution in [0.25, 0.3) is 0 Å². The van der Waals surface area contributed by atoms with Crippen molar-refractivity contribution in [3.05, 3.63) is 29.3 Å². The number of fused-ring (bicyclic) bond motifs is 1. The molecule has 8 heteroatoms. The number of nitrogens with one attached hydrogen (secondary N) is 1. The molecule has 0 radical (unpaired) electrons. The van der Waals surface area contributed by atoms with Crippen molar-refractivity contribution in [2.24, 2.45) is 0 Å². The Morgan fingerprint density at radius 3 is 2.71 bits per heavy atom. The Morgan fingerprint density at radius 2 is 2.04 bits per heavy atom. The van der Waals surface area contributed by atoms with Crippen LogP contribution >= 0.6 is 0 Å². The second-order valence-corrected chi connectivity index (χ2v) is 5.98. The molecular formula is C16H16N2O6. The average molecular weight is 332 g/mol. The fourth-order valence-corrected chi connectivity index (χ4v) is 2.95. The van der Waals surface area contributed by atoms with Crippen LogP contribution in [0.1, 0.15) is 40.5 Å². The standard InChI is InChI=1S/C16H16N2O6/c1-16(23)5-4-12(13(20)17-16)18-14(21)10-3-2-9(24-7-6-19)8-11(10)15(18)22/h2-3,6,8,12,23H,4-5,7H2,1H3,(H,17,20). The van der Waals surface area contributed by atoms with Gasteiger partial charge in [0.25, 0.3) is 11.8 Å². The van der Waals surface area contributed by atoms with E-state index in [-0.39, 0.29) is 30.6 Å². The van der Waals surface area contributed by atoms with Gasteiger partial charge in [0.1, 0.15) is 24.1 Å². The van der Waals surface area contributed by atoms with Gasteiger partial charge in [-0.2, -0.15) is 0 Å². The molecule has 2 unspecified atom stereocenters. The Kier molecular flexibility index (Phi) is 3.84. The fourth-order valence-electron chi connectivity index (χ4n) is 2.95. The van der Waals surface area contributed by atoms with E-state index in [1.54, 1.807) is 0 Å². The normalized spacial score (nSPS) is 26.2. The first-order valence-corrected chi connectivity index (χ1v) is 7.47. The Balaban J connectivity index is 1.87. The molecule has 2 heterocycles. The van der Waals surface area contributed by atoms with E-state index in [0.29, 0.717) is 12.0 Å². The molecule has 1 fully saturated rings. The van der Waals surface area contributed by atoms with E-state index in [1.807, 2.05) is 0 Å². The van der Waals surface area contributed by atoms with Crippen LogP contribution in [0, 0.1) is 0 Å². The van der Waals surface area contributed by atoms with Gasteiger partial charge in [-0.1, -0.05) is 0 Å². The lowest BCUT2D eigenvalue weighted by Gasteiger charge is -2.36. The zero-order valence-corrected chi connectivity index (χ0v) is 12.9. The minimum Gasteiger partial charge on any atom is -0.486 e. The summed E-state index contributed by atoms with van der Waals surface area (Å²) in [4.78, 5) is 48.5. The number of ether oxygens (including phenoxy) is 1. The molecule has 1 aromatic rings. The van der Waals surface area contributed by atoms with Gasteiger partial charge in [0, 0.05) is 0 Å². The van der Waals surface area contributed by atoms with Crippen LogP contribution in [-0.2, 0) is 9.59 Å². The predicted octanol–water partition coefficient (Wildman–Crippen LogP) is -0.153. The molecule has 0 aromatic heterocycles. The van der Waals surface area contributed by atoms with Crippen molar-refractivity contribution in [1.29, 1.82) is 0 Å². The summed E-state index contributed by atoms with van der Waals surface area (Å²) in [6, 6.07) is 3.35. The number of carbonyl (C=O) groups excluding carboxylic acids is 4. The van der Waals surface area contributed by atoms with Gasteiger partial charge >= 0.3 is 0 Å². The number of hydrogen-bond donors (Lipinski definition) is 2. The van der Waals surface area contributed by atoms with Crippen LogP contribution < -0.4 is 10.1 Å². The number of aldehydes is 1. The lowest BCUT2D eigenvalue weighted by atomic mass is 9.97. The van der Waals surface area contributed by atoms with Crippen LogP contribution in [-0.4, -0.2) is 52.4 Å².